The molecule has 0 spiro atoms. The Morgan fingerprint density at radius 1 is 1.22 bits per heavy atom. The highest BCUT2D eigenvalue weighted by atomic mass is 32.1. The van der Waals surface area contributed by atoms with Crippen molar-refractivity contribution in [2.75, 3.05) is 19.1 Å². The second-order valence-electron chi connectivity index (χ2n) is 4.74. The van der Waals surface area contributed by atoms with Crippen molar-refractivity contribution < 1.29 is 9.53 Å². The molecule has 1 aromatic rings. The molecular weight excluding hydrogens is 248 g/mol. The number of carbonyl (C=O) groups excluding carboxylic acids is 1. The van der Waals surface area contributed by atoms with Crippen molar-refractivity contribution in [1.29, 1.82) is 0 Å². The Hall–Kier alpha value is -1.62. The molecule has 2 rings (SSSR count). The summed E-state index contributed by atoms with van der Waals surface area (Å²) in [5, 5.41) is 0.523. The number of amides is 1. The van der Waals surface area contributed by atoms with Gasteiger partial charge in [-0.2, -0.15) is 0 Å². The van der Waals surface area contributed by atoms with Gasteiger partial charge in [-0.05, 0) is 50.3 Å². The molecule has 1 aromatic carbocycles. The van der Waals surface area contributed by atoms with Gasteiger partial charge in [-0.1, -0.05) is 0 Å². The highest BCUT2D eigenvalue weighted by Gasteiger charge is 2.47. The smallest absolute Gasteiger partial charge is 0.258 e. The fraction of sp³-hybridized carbons (Fsp3) is 0.385. The van der Waals surface area contributed by atoms with Gasteiger partial charge >= 0.3 is 0 Å². The maximum Gasteiger partial charge on any atom is 0.258 e. The Bertz CT molecular complexity index is 496. The van der Waals surface area contributed by atoms with Crippen molar-refractivity contribution in [3.63, 3.8) is 0 Å². The summed E-state index contributed by atoms with van der Waals surface area (Å²) >= 11 is 5.33. The zero-order valence-electron chi connectivity index (χ0n) is 10.9. The third-order valence-electron chi connectivity index (χ3n) is 3.37. The molecule has 0 radical (unpaired) electrons. The molecule has 5 heteroatoms. The zero-order valence-corrected chi connectivity index (χ0v) is 11.7. The molecule has 1 saturated heterocycles. The minimum Gasteiger partial charge on any atom is -0.497 e. The Labute approximate surface area is 112 Å². The van der Waals surface area contributed by atoms with Crippen LogP contribution in [0.4, 0.5) is 5.69 Å². The summed E-state index contributed by atoms with van der Waals surface area (Å²) in [6.07, 6.45) is 0. The monoisotopic (exact) mass is 264 g/mol. The van der Waals surface area contributed by atoms with E-state index in [2.05, 4.69) is 0 Å². The number of methoxy groups -OCH3 is 1. The lowest BCUT2D eigenvalue weighted by Gasteiger charge is -2.24. The minimum atomic E-state index is -0.600. The van der Waals surface area contributed by atoms with E-state index in [4.69, 9.17) is 17.0 Å². The van der Waals surface area contributed by atoms with E-state index in [0.29, 0.717) is 5.11 Å². The number of anilines is 1. The predicted molar refractivity (Wildman–Crippen MR) is 74.9 cm³/mol. The molecule has 18 heavy (non-hydrogen) atoms. The zero-order chi connectivity index (χ0) is 13.5. The number of nitrogens with zero attached hydrogens (tertiary/aromatic N) is 2. The molecule has 0 unspecified atom stereocenters. The first kappa shape index (κ1) is 12.8. The molecule has 0 aliphatic carbocycles. The summed E-state index contributed by atoms with van der Waals surface area (Å²) in [5.41, 5.74) is 0.167. The lowest BCUT2D eigenvalue weighted by molar-refractivity contribution is -0.123. The maximum absolute atomic E-state index is 12.4. The average molecular weight is 264 g/mol. The van der Waals surface area contributed by atoms with Gasteiger partial charge in [0.05, 0.1) is 12.8 Å². The Balaban J connectivity index is 2.39. The van der Waals surface area contributed by atoms with Crippen LogP contribution in [0.2, 0.25) is 0 Å². The second kappa shape index (κ2) is 4.24. The molecule has 1 aliphatic rings. The number of carbonyl (C=O) groups is 1. The van der Waals surface area contributed by atoms with Crippen molar-refractivity contribution >= 4 is 28.9 Å². The normalized spacial score (nSPS) is 18.4. The van der Waals surface area contributed by atoms with E-state index in [-0.39, 0.29) is 5.91 Å². The van der Waals surface area contributed by atoms with E-state index in [1.165, 1.54) is 0 Å². The number of thiocarbonyl (C=S) groups is 1. The van der Waals surface area contributed by atoms with Crippen LogP contribution >= 0.6 is 12.2 Å². The molecule has 0 N–H and O–H groups in total. The van der Waals surface area contributed by atoms with Crippen molar-refractivity contribution in [3.8, 4) is 5.75 Å². The van der Waals surface area contributed by atoms with Crippen LogP contribution in [0.5, 0.6) is 5.75 Å². The third kappa shape index (κ3) is 1.75. The number of hydrogen-bond acceptors (Lipinski definition) is 3. The van der Waals surface area contributed by atoms with Gasteiger partial charge in [-0.15, -0.1) is 0 Å². The van der Waals surface area contributed by atoms with Gasteiger partial charge in [0.15, 0.2) is 5.11 Å². The Morgan fingerprint density at radius 3 is 2.17 bits per heavy atom. The molecule has 1 fully saturated rings. The van der Waals surface area contributed by atoms with E-state index in [1.807, 2.05) is 50.1 Å². The first-order valence-corrected chi connectivity index (χ1v) is 6.07. The summed E-state index contributed by atoms with van der Waals surface area (Å²) in [4.78, 5) is 15.7. The average Bonchev–Trinajstić information content (AvgIpc) is 2.51. The second-order valence-corrected chi connectivity index (χ2v) is 5.10. The molecule has 1 amide bonds. The molecule has 1 heterocycles. The largest absolute Gasteiger partial charge is 0.497 e. The first-order valence-electron chi connectivity index (χ1n) is 5.66. The number of rotatable bonds is 2. The van der Waals surface area contributed by atoms with Gasteiger partial charge in [0.25, 0.3) is 5.91 Å². The fourth-order valence-electron chi connectivity index (χ4n) is 1.85. The lowest BCUT2D eigenvalue weighted by Crippen LogP contribution is -2.41. The summed E-state index contributed by atoms with van der Waals surface area (Å²) < 4.78 is 5.10. The topological polar surface area (TPSA) is 32.8 Å². The third-order valence-corrected chi connectivity index (χ3v) is 3.83. The van der Waals surface area contributed by atoms with Crippen LogP contribution < -0.4 is 9.64 Å². The SMILES string of the molecule is COc1ccc(N2C(=O)C(C)(C)N(C)C2=S)cc1. The van der Waals surface area contributed by atoms with Crippen LogP contribution in [-0.4, -0.2) is 35.6 Å². The van der Waals surface area contributed by atoms with Crippen LogP contribution in [0.3, 0.4) is 0 Å². The number of benzene rings is 1. The fourth-order valence-corrected chi connectivity index (χ4v) is 2.27. The summed E-state index contributed by atoms with van der Waals surface area (Å²) in [6.45, 7) is 3.73. The number of ether oxygens (including phenoxy) is 1. The highest BCUT2D eigenvalue weighted by Crippen LogP contribution is 2.31. The van der Waals surface area contributed by atoms with Crippen molar-refractivity contribution in [2.24, 2.45) is 0 Å². The molecule has 0 saturated carbocycles. The van der Waals surface area contributed by atoms with E-state index in [9.17, 15) is 4.79 Å². The van der Waals surface area contributed by atoms with Crippen LogP contribution in [0.25, 0.3) is 0 Å². The summed E-state index contributed by atoms with van der Waals surface area (Å²) in [5.74, 6) is 0.740. The van der Waals surface area contributed by atoms with E-state index < -0.39 is 5.54 Å². The maximum atomic E-state index is 12.4. The molecule has 4 nitrogen and oxygen atoms in total. The standard InChI is InChI=1S/C13H16N2O2S/c1-13(2)11(16)15(12(18)14(13)3)9-5-7-10(17-4)8-6-9/h5-8H,1-4H3. The van der Waals surface area contributed by atoms with Crippen LogP contribution in [0.15, 0.2) is 24.3 Å². The van der Waals surface area contributed by atoms with Crippen LogP contribution in [0, 0.1) is 0 Å². The Morgan fingerprint density at radius 2 is 1.78 bits per heavy atom. The Kier molecular flexibility index (Phi) is 3.02. The van der Waals surface area contributed by atoms with E-state index in [0.717, 1.165) is 11.4 Å². The molecule has 0 bridgehead atoms. The quantitative estimate of drug-likeness (QED) is 0.765. The lowest BCUT2D eigenvalue weighted by atomic mass is 10.1. The van der Waals surface area contributed by atoms with Crippen LogP contribution in [-0.2, 0) is 4.79 Å². The highest BCUT2D eigenvalue weighted by molar-refractivity contribution is 7.80. The molecule has 96 valence electrons. The van der Waals surface area contributed by atoms with Crippen molar-refractivity contribution in [2.45, 2.75) is 19.4 Å². The van der Waals surface area contributed by atoms with Gasteiger partial charge < -0.3 is 9.64 Å². The summed E-state index contributed by atoms with van der Waals surface area (Å²) in [6, 6.07) is 7.30. The predicted octanol–water partition coefficient (Wildman–Crippen LogP) is 2.04. The van der Waals surface area contributed by atoms with Crippen molar-refractivity contribution in [3.05, 3.63) is 24.3 Å². The van der Waals surface area contributed by atoms with E-state index in [1.54, 1.807) is 12.0 Å². The van der Waals surface area contributed by atoms with E-state index >= 15 is 0 Å². The minimum absolute atomic E-state index is 0.0137. The summed E-state index contributed by atoms with van der Waals surface area (Å²) in [7, 11) is 3.45. The van der Waals surface area contributed by atoms with Crippen molar-refractivity contribution in [1.82, 2.24) is 4.90 Å². The number of likely N-dealkylation sites (N-methyl/N-ethyl adjacent to an activating group) is 1. The molecule has 1 aliphatic heterocycles. The van der Waals surface area contributed by atoms with Gasteiger partial charge in [-0.25, -0.2) is 0 Å². The van der Waals surface area contributed by atoms with Gasteiger partial charge in [-0.3, -0.25) is 9.69 Å². The molecule has 0 atom stereocenters. The van der Waals surface area contributed by atoms with Gasteiger partial charge in [0, 0.05) is 7.05 Å². The van der Waals surface area contributed by atoms with Gasteiger partial charge in [0.1, 0.15) is 11.3 Å². The van der Waals surface area contributed by atoms with Gasteiger partial charge in [0.2, 0.25) is 0 Å². The molecule has 0 aromatic heterocycles. The molecular formula is C13H16N2O2S. The number of hydrogen-bond donors (Lipinski definition) is 0. The first-order chi connectivity index (χ1) is 8.39. The van der Waals surface area contributed by atoms with Crippen LogP contribution in [0.1, 0.15) is 13.8 Å².